The predicted molar refractivity (Wildman–Crippen MR) is 128 cm³/mol. The van der Waals surface area contributed by atoms with E-state index in [1.165, 1.54) is 12.5 Å². The minimum atomic E-state index is -3.79. The van der Waals surface area contributed by atoms with Gasteiger partial charge in [0.05, 0.1) is 11.8 Å². The van der Waals surface area contributed by atoms with Crippen LogP contribution in [0.4, 0.5) is 8.78 Å². The van der Waals surface area contributed by atoms with Gasteiger partial charge < -0.3 is 10.6 Å². The van der Waals surface area contributed by atoms with E-state index < -0.39 is 38.7 Å². The summed E-state index contributed by atoms with van der Waals surface area (Å²) in [6.45, 7) is 6.26. The largest absolute Gasteiger partial charge is 0.352 e. The van der Waals surface area contributed by atoms with E-state index in [9.17, 15) is 22.0 Å². The molecule has 2 rings (SSSR count). The van der Waals surface area contributed by atoms with Crippen molar-refractivity contribution >= 4 is 15.7 Å². The van der Waals surface area contributed by atoms with Gasteiger partial charge in [0.25, 0.3) is 0 Å². The lowest BCUT2D eigenvalue weighted by molar-refractivity contribution is -0.119. The minimum absolute atomic E-state index is 0.0120. The maximum atomic E-state index is 14.0. The first kappa shape index (κ1) is 26.9. The van der Waals surface area contributed by atoms with Crippen molar-refractivity contribution in [2.75, 3.05) is 12.3 Å². The van der Waals surface area contributed by atoms with Gasteiger partial charge in [-0.3, -0.25) is 4.79 Å². The SMILES string of the molecule is CCCCS(=O)(=O)C(c1cc(F)cc(F)c1)[C@H](CCNCc1cccc(CC)c1)NC(C)=O. The number of carbonyl (C=O) groups is 1. The number of hydrogen-bond acceptors (Lipinski definition) is 4. The normalized spacial score (nSPS) is 13.5. The lowest BCUT2D eigenvalue weighted by atomic mass is 10.0. The molecule has 1 unspecified atom stereocenters. The second kappa shape index (κ2) is 12.8. The van der Waals surface area contributed by atoms with Crippen molar-refractivity contribution in [3.63, 3.8) is 0 Å². The van der Waals surface area contributed by atoms with Crippen LogP contribution in [0.15, 0.2) is 42.5 Å². The molecule has 2 aromatic rings. The van der Waals surface area contributed by atoms with Crippen molar-refractivity contribution in [2.45, 2.75) is 64.3 Å². The standard InChI is InChI=1S/C25H34F2N2O3S/c1-4-6-12-33(31,32)25(21-14-22(26)16-23(27)15-21)24(29-18(3)30)10-11-28-17-20-9-7-8-19(5-2)13-20/h7-9,13-16,24-25,28H,4-6,10-12,17H2,1-3H3,(H,29,30)/t24-,25?/m0/s1. The third-order valence-corrected chi connectivity index (χ3v) is 7.73. The van der Waals surface area contributed by atoms with Gasteiger partial charge >= 0.3 is 0 Å². The number of rotatable bonds is 13. The maximum Gasteiger partial charge on any atom is 0.217 e. The van der Waals surface area contributed by atoms with E-state index in [2.05, 4.69) is 29.7 Å². The lowest BCUT2D eigenvalue weighted by Gasteiger charge is -2.28. The number of sulfone groups is 1. The molecule has 0 spiro atoms. The molecule has 2 aromatic carbocycles. The fourth-order valence-corrected chi connectivity index (χ4v) is 6.11. The Balaban J connectivity index is 2.26. The fraction of sp³-hybridized carbons (Fsp3) is 0.480. The number of unbranched alkanes of at least 4 members (excludes halogenated alkanes) is 1. The number of carbonyl (C=O) groups excluding carboxylic acids is 1. The molecule has 0 saturated heterocycles. The average Bonchev–Trinajstić information content (AvgIpc) is 2.74. The molecule has 33 heavy (non-hydrogen) atoms. The number of halogens is 2. The molecule has 0 aliphatic heterocycles. The molecule has 2 atom stereocenters. The number of hydrogen-bond donors (Lipinski definition) is 2. The molecule has 0 aliphatic rings. The Morgan fingerprint density at radius 1 is 1.03 bits per heavy atom. The van der Waals surface area contributed by atoms with Crippen molar-refractivity contribution in [3.8, 4) is 0 Å². The molecule has 0 saturated carbocycles. The van der Waals surface area contributed by atoms with E-state index in [4.69, 9.17) is 0 Å². The number of aryl methyl sites for hydroxylation is 1. The summed E-state index contributed by atoms with van der Waals surface area (Å²) >= 11 is 0. The third kappa shape index (κ3) is 8.51. The van der Waals surface area contributed by atoms with Gasteiger partial charge in [0, 0.05) is 19.5 Å². The molecule has 0 aromatic heterocycles. The number of nitrogens with one attached hydrogen (secondary N) is 2. The highest BCUT2D eigenvalue weighted by atomic mass is 32.2. The summed E-state index contributed by atoms with van der Waals surface area (Å²) in [5.74, 6) is -2.23. The topological polar surface area (TPSA) is 75.3 Å². The van der Waals surface area contributed by atoms with Crippen molar-refractivity contribution in [3.05, 3.63) is 70.8 Å². The van der Waals surface area contributed by atoms with Crippen molar-refractivity contribution in [1.82, 2.24) is 10.6 Å². The smallest absolute Gasteiger partial charge is 0.217 e. The molecule has 0 aliphatic carbocycles. The van der Waals surface area contributed by atoms with Crippen LogP contribution in [0.1, 0.15) is 62.0 Å². The van der Waals surface area contributed by atoms with Gasteiger partial charge in [0.1, 0.15) is 16.9 Å². The van der Waals surface area contributed by atoms with Crippen LogP contribution in [0.2, 0.25) is 0 Å². The van der Waals surface area contributed by atoms with E-state index in [0.717, 1.165) is 24.1 Å². The summed E-state index contributed by atoms with van der Waals surface area (Å²) in [5.41, 5.74) is 2.34. The second-order valence-electron chi connectivity index (χ2n) is 8.29. The Morgan fingerprint density at radius 2 is 1.70 bits per heavy atom. The van der Waals surface area contributed by atoms with Gasteiger partial charge in [0.15, 0.2) is 9.84 Å². The van der Waals surface area contributed by atoms with Crippen molar-refractivity contribution in [2.24, 2.45) is 0 Å². The van der Waals surface area contributed by atoms with Gasteiger partial charge in [-0.15, -0.1) is 0 Å². The Bertz CT molecular complexity index is 1010. The fourth-order valence-electron chi connectivity index (χ4n) is 3.91. The van der Waals surface area contributed by atoms with Crippen LogP contribution in [0, 0.1) is 11.6 Å². The first-order chi connectivity index (χ1) is 15.7. The Kier molecular flexibility index (Phi) is 10.4. The lowest BCUT2D eigenvalue weighted by Crippen LogP contribution is -2.43. The summed E-state index contributed by atoms with van der Waals surface area (Å²) in [7, 11) is -3.79. The molecule has 0 radical (unpaired) electrons. The summed E-state index contributed by atoms with van der Waals surface area (Å²) in [5, 5.41) is 4.75. The second-order valence-corrected chi connectivity index (χ2v) is 10.5. The molecule has 2 N–H and O–H groups in total. The van der Waals surface area contributed by atoms with Gasteiger partial charge in [-0.1, -0.05) is 44.5 Å². The Hall–Kier alpha value is -2.32. The predicted octanol–water partition coefficient (Wildman–Crippen LogP) is 4.47. The van der Waals surface area contributed by atoms with Gasteiger partial charge in [0.2, 0.25) is 5.91 Å². The van der Waals surface area contributed by atoms with Crippen LogP contribution in [0.25, 0.3) is 0 Å². The molecule has 8 heteroatoms. The Morgan fingerprint density at radius 3 is 2.30 bits per heavy atom. The van der Waals surface area contributed by atoms with E-state index in [1.54, 1.807) is 0 Å². The molecule has 182 valence electrons. The monoisotopic (exact) mass is 480 g/mol. The highest BCUT2D eigenvalue weighted by Crippen LogP contribution is 2.30. The van der Waals surface area contributed by atoms with Crippen molar-refractivity contribution < 1.29 is 22.0 Å². The number of amides is 1. The molecular weight excluding hydrogens is 446 g/mol. The van der Waals surface area contributed by atoms with Crippen LogP contribution < -0.4 is 10.6 Å². The first-order valence-electron chi connectivity index (χ1n) is 11.4. The van der Waals surface area contributed by atoms with Gasteiger partial charge in [-0.05, 0) is 54.6 Å². The molecule has 0 bridgehead atoms. The number of benzene rings is 2. The highest BCUT2D eigenvalue weighted by Gasteiger charge is 2.35. The minimum Gasteiger partial charge on any atom is -0.352 e. The molecule has 0 fully saturated rings. The Labute approximate surface area is 195 Å². The highest BCUT2D eigenvalue weighted by molar-refractivity contribution is 7.91. The van der Waals surface area contributed by atoms with Crippen LogP contribution in [-0.4, -0.2) is 32.7 Å². The zero-order valence-corrected chi connectivity index (χ0v) is 20.4. The van der Waals surface area contributed by atoms with Crippen LogP contribution in [0.5, 0.6) is 0 Å². The van der Waals surface area contributed by atoms with Crippen molar-refractivity contribution in [1.29, 1.82) is 0 Å². The van der Waals surface area contributed by atoms with Crippen LogP contribution in [0.3, 0.4) is 0 Å². The average molecular weight is 481 g/mol. The quantitative estimate of drug-likeness (QED) is 0.415. The molecule has 1 amide bonds. The zero-order valence-electron chi connectivity index (χ0n) is 19.5. The van der Waals surface area contributed by atoms with Gasteiger partial charge in [-0.25, -0.2) is 17.2 Å². The van der Waals surface area contributed by atoms with E-state index in [0.29, 0.717) is 32.0 Å². The summed E-state index contributed by atoms with van der Waals surface area (Å²) in [6, 6.07) is 10.1. The van der Waals surface area contributed by atoms with E-state index in [1.807, 2.05) is 19.1 Å². The first-order valence-corrected chi connectivity index (χ1v) is 13.1. The van der Waals surface area contributed by atoms with Crippen LogP contribution in [-0.2, 0) is 27.6 Å². The molecular formula is C25H34F2N2O3S. The summed E-state index contributed by atoms with van der Waals surface area (Å²) in [6.07, 6.45) is 2.29. The molecule has 0 heterocycles. The summed E-state index contributed by atoms with van der Waals surface area (Å²) in [4.78, 5) is 11.9. The van der Waals surface area contributed by atoms with E-state index >= 15 is 0 Å². The maximum absolute atomic E-state index is 14.0. The van der Waals surface area contributed by atoms with Gasteiger partial charge in [-0.2, -0.15) is 0 Å². The van der Waals surface area contributed by atoms with Crippen LogP contribution >= 0.6 is 0 Å². The third-order valence-electron chi connectivity index (χ3n) is 5.50. The zero-order chi connectivity index (χ0) is 24.4. The molecule has 5 nitrogen and oxygen atoms in total. The van der Waals surface area contributed by atoms with E-state index in [-0.39, 0.29) is 17.7 Å². The summed E-state index contributed by atoms with van der Waals surface area (Å²) < 4.78 is 54.4.